The van der Waals surface area contributed by atoms with Gasteiger partial charge in [0.1, 0.15) is 6.61 Å². The Balaban J connectivity index is 2.10. The van der Waals surface area contributed by atoms with Gasteiger partial charge in [-0.1, -0.05) is 36.4 Å². The van der Waals surface area contributed by atoms with Crippen LogP contribution in [-0.4, -0.2) is 13.7 Å². The predicted molar refractivity (Wildman–Crippen MR) is 89.0 cm³/mol. The molecule has 0 amide bonds. The summed E-state index contributed by atoms with van der Waals surface area (Å²) in [5, 5.41) is 0. The smallest absolute Gasteiger partial charge is 0.161 e. The van der Waals surface area contributed by atoms with Crippen LogP contribution in [0.2, 0.25) is 0 Å². The van der Waals surface area contributed by atoms with Gasteiger partial charge in [0, 0.05) is 6.04 Å². The van der Waals surface area contributed by atoms with Crippen LogP contribution in [0.15, 0.2) is 48.5 Å². The number of methoxy groups -OCH3 is 1. The Bertz CT molecular complexity index is 573. The van der Waals surface area contributed by atoms with Crippen molar-refractivity contribution in [1.82, 2.24) is 0 Å². The van der Waals surface area contributed by atoms with Gasteiger partial charge in [0.15, 0.2) is 11.5 Å². The molecule has 2 rings (SSSR count). The molecule has 4 N–H and O–H groups in total. The number of hydrogen-bond acceptors (Lipinski definition) is 4. The predicted octanol–water partition coefficient (Wildman–Crippen LogP) is 3.01. The molecule has 0 aromatic heterocycles. The minimum atomic E-state index is -0.0338. The molecular weight excluding hydrogens is 276 g/mol. The molecule has 0 aliphatic carbocycles. The molecule has 0 saturated heterocycles. The molecule has 0 radical (unpaired) electrons. The number of rotatable bonds is 8. The van der Waals surface area contributed by atoms with E-state index >= 15 is 0 Å². The Morgan fingerprint density at radius 1 is 1.05 bits per heavy atom. The van der Waals surface area contributed by atoms with Crippen molar-refractivity contribution >= 4 is 0 Å². The van der Waals surface area contributed by atoms with E-state index in [4.69, 9.17) is 20.9 Å². The van der Waals surface area contributed by atoms with Gasteiger partial charge in [-0.05, 0) is 42.6 Å². The van der Waals surface area contributed by atoms with E-state index in [2.05, 4.69) is 0 Å². The Morgan fingerprint density at radius 2 is 1.82 bits per heavy atom. The first-order valence-corrected chi connectivity index (χ1v) is 7.55. The van der Waals surface area contributed by atoms with Crippen LogP contribution < -0.4 is 20.9 Å². The first-order valence-electron chi connectivity index (χ1n) is 7.55. The minimum Gasteiger partial charge on any atom is -0.493 e. The quantitative estimate of drug-likeness (QED) is 0.786. The number of ether oxygens (including phenoxy) is 2. The topological polar surface area (TPSA) is 70.5 Å². The molecule has 0 bridgehead atoms. The lowest BCUT2D eigenvalue weighted by Crippen LogP contribution is -2.12. The van der Waals surface area contributed by atoms with Gasteiger partial charge in [-0.25, -0.2) is 0 Å². The van der Waals surface area contributed by atoms with E-state index in [9.17, 15) is 0 Å². The molecule has 0 unspecified atom stereocenters. The van der Waals surface area contributed by atoms with Gasteiger partial charge in [-0.15, -0.1) is 0 Å². The first kappa shape index (κ1) is 16.3. The number of hydrogen-bond donors (Lipinski definition) is 2. The van der Waals surface area contributed by atoms with Crippen LogP contribution >= 0.6 is 0 Å². The minimum absolute atomic E-state index is 0.0338. The van der Waals surface area contributed by atoms with Crippen molar-refractivity contribution in [3.05, 3.63) is 59.7 Å². The van der Waals surface area contributed by atoms with E-state index < -0.39 is 0 Å². The van der Waals surface area contributed by atoms with Gasteiger partial charge in [-0.2, -0.15) is 0 Å². The molecule has 1 atom stereocenters. The summed E-state index contributed by atoms with van der Waals surface area (Å²) in [5.41, 5.74) is 13.9. The molecule has 0 aliphatic rings. The summed E-state index contributed by atoms with van der Waals surface area (Å²) in [4.78, 5) is 0. The highest BCUT2D eigenvalue weighted by Crippen LogP contribution is 2.31. The van der Waals surface area contributed by atoms with E-state index in [1.54, 1.807) is 7.11 Å². The highest BCUT2D eigenvalue weighted by molar-refractivity contribution is 5.44. The molecule has 4 heteroatoms. The van der Waals surface area contributed by atoms with Crippen LogP contribution in [0.25, 0.3) is 0 Å². The van der Waals surface area contributed by atoms with Crippen LogP contribution in [0.5, 0.6) is 11.5 Å². The van der Waals surface area contributed by atoms with E-state index in [1.807, 2.05) is 48.5 Å². The van der Waals surface area contributed by atoms with Crippen LogP contribution in [0.1, 0.15) is 30.0 Å². The Labute approximate surface area is 132 Å². The standard InChI is InChI=1S/C18H24N2O2/c1-21-17-10-9-15(16(20)8-5-11-19)12-18(17)22-13-14-6-3-2-4-7-14/h2-4,6-7,9-10,12,16H,5,8,11,13,19-20H2,1H3/t16-/m0/s1. The highest BCUT2D eigenvalue weighted by atomic mass is 16.5. The molecular formula is C18H24N2O2. The van der Waals surface area contributed by atoms with Crippen LogP contribution in [0.4, 0.5) is 0 Å². The third kappa shape index (κ3) is 4.48. The van der Waals surface area contributed by atoms with Gasteiger partial charge in [0.2, 0.25) is 0 Å². The van der Waals surface area contributed by atoms with Crippen LogP contribution in [0, 0.1) is 0 Å². The van der Waals surface area contributed by atoms with E-state index in [1.165, 1.54) is 0 Å². The normalized spacial score (nSPS) is 12.0. The summed E-state index contributed by atoms with van der Waals surface area (Å²) < 4.78 is 11.3. The van der Waals surface area contributed by atoms with E-state index in [0.29, 0.717) is 24.7 Å². The molecule has 0 aliphatic heterocycles. The maximum atomic E-state index is 6.20. The molecule has 22 heavy (non-hydrogen) atoms. The SMILES string of the molecule is COc1ccc([C@@H](N)CCCN)cc1OCc1ccccc1. The molecule has 2 aromatic rings. The van der Waals surface area contributed by atoms with E-state index in [0.717, 1.165) is 24.0 Å². The fraction of sp³-hybridized carbons (Fsp3) is 0.333. The zero-order valence-electron chi connectivity index (χ0n) is 13.0. The van der Waals surface area contributed by atoms with Gasteiger partial charge < -0.3 is 20.9 Å². The fourth-order valence-electron chi connectivity index (χ4n) is 2.28. The molecule has 4 nitrogen and oxygen atoms in total. The Kier molecular flexibility index (Phi) is 6.25. The van der Waals surface area contributed by atoms with Gasteiger partial charge in [0.05, 0.1) is 7.11 Å². The second kappa shape index (κ2) is 8.41. The fourth-order valence-corrected chi connectivity index (χ4v) is 2.28. The van der Waals surface area contributed by atoms with E-state index in [-0.39, 0.29) is 6.04 Å². The summed E-state index contributed by atoms with van der Waals surface area (Å²) in [6.07, 6.45) is 1.77. The van der Waals surface area contributed by atoms with Crippen molar-refractivity contribution in [2.24, 2.45) is 11.5 Å². The zero-order valence-corrected chi connectivity index (χ0v) is 13.0. The maximum Gasteiger partial charge on any atom is 0.161 e. The van der Waals surface area contributed by atoms with Crippen molar-refractivity contribution < 1.29 is 9.47 Å². The summed E-state index contributed by atoms with van der Waals surface area (Å²) in [7, 11) is 1.64. The number of nitrogens with two attached hydrogens (primary N) is 2. The third-order valence-corrected chi connectivity index (χ3v) is 3.57. The molecule has 0 spiro atoms. The molecule has 2 aromatic carbocycles. The zero-order chi connectivity index (χ0) is 15.8. The van der Waals surface area contributed by atoms with Crippen molar-refractivity contribution in [2.45, 2.75) is 25.5 Å². The lowest BCUT2D eigenvalue weighted by molar-refractivity contribution is 0.284. The van der Waals surface area contributed by atoms with Crippen molar-refractivity contribution in [1.29, 1.82) is 0 Å². The van der Waals surface area contributed by atoms with Gasteiger partial charge >= 0.3 is 0 Å². The highest BCUT2D eigenvalue weighted by Gasteiger charge is 2.11. The lowest BCUT2D eigenvalue weighted by atomic mass is 10.0. The second-order valence-corrected chi connectivity index (χ2v) is 5.22. The summed E-state index contributed by atoms with van der Waals surface area (Å²) >= 11 is 0. The largest absolute Gasteiger partial charge is 0.493 e. The Morgan fingerprint density at radius 3 is 2.50 bits per heavy atom. The van der Waals surface area contributed by atoms with Crippen LogP contribution in [0.3, 0.4) is 0 Å². The summed E-state index contributed by atoms with van der Waals surface area (Å²) in [6.45, 7) is 1.15. The molecule has 0 saturated carbocycles. The van der Waals surface area contributed by atoms with Gasteiger partial charge in [0.25, 0.3) is 0 Å². The summed E-state index contributed by atoms with van der Waals surface area (Å²) in [5.74, 6) is 1.43. The van der Waals surface area contributed by atoms with Gasteiger partial charge in [-0.3, -0.25) is 0 Å². The van der Waals surface area contributed by atoms with Crippen LogP contribution in [-0.2, 0) is 6.61 Å². The third-order valence-electron chi connectivity index (χ3n) is 3.57. The summed E-state index contributed by atoms with van der Waals surface area (Å²) in [6, 6.07) is 15.8. The maximum absolute atomic E-state index is 6.20. The average molecular weight is 300 g/mol. The second-order valence-electron chi connectivity index (χ2n) is 5.22. The lowest BCUT2D eigenvalue weighted by Gasteiger charge is -2.16. The van der Waals surface area contributed by atoms with Crippen molar-refractivity contribution in [3.8, 4) is 11.5 Å². The average Bonchev–Trinajstić information content (AvgIpc) is 2.58. The Hall–Kier alpha value is -2.04. The van der Waals surface area contributed by atoms with Crippen molar-refractivity contribution in [2.75, 3.05) is 13.7 Å². The molecule has 118 valence electrons. The first-order chi connectivity index (χ1) is 10.7. The number of benzene rings is 2. The molecule has 0 heterocycles. The molecule has 0 fully saturated rings. The van der Waals surface area contributed by atoms with Crippen molar-refractivity contribution in [3.63, 3.8) is 0 Å². The monoisotopic (exact) mass is 300 g/mol.